The van der Waals surface area contributed by atoms with Gasteiger partial charge in [0.05, 0.1) is 19.3 Å². The molecule has 1 amide bonds. The van der Waals surface area contributed by atoms with Crippen LogP contribution < -0.4 is 10.6 Å². The Bertz CT molecular complexity index is 232. The summed E-state index contributed by atoms with van der Waals surface area (Å²) in [5, 5.41) is 6.19. The van der Waals surface area contributed by atoms with Crippen molar-refractivity contribution in [2.75, 3.05) is 45.9 Å². The molecule has 5 nitrogen and oxygen atoms in total. The molecule has 0 saturated carbocycles. The number of rotatable bonds is 4. The van der Waals surface area contributed by atoms with E-state index in [1.807, 2.05) is 0 Å². The number of carbonyl (C=O) groups is 1. The van der Waals surface area contributed by atoms with E-state index in [0.29, 0.717) is 0 Å². The molecule has 0 aromatic rings. The number of amides is 1. The van der Waals surface area contributed by atoms with Gasteiger partial charge < -0.3 is 15.4 Å². The number of hydrogen-bond acceptors (Lipinski definition) is 4. The van der Waals surface area contributed by atoms with Crippen LogP contribution >= 0.6 is 24.8 Å². The molecule has 2 aliphatic heterocycles. The van der Waals surface area contributed by atoms with Gasteiger partial charge in [0.15, 0.2) is 0 Å². The molecular weight excluding hydrogens is 277 g/mol. The number of ether oxygens (including phenoxy) is 1. The number of morpholine rings is 1. The van der Waals surface area contributed by atoms with E-state index in [-0.39, 0.29) is 36.8 Å². The van der Waals surface area contributed by atoms with Crippen molar-refractivity contribution >= 4 is 30.7 Å². The van der Waals surface area contributed by atoms with Crippen molar-refractivity contribution in [2.24, 2.45) is 0 Å². The molecule has 0 aliphatic carbocycles. The van der Waals surface area contributed by atoms with Crippen LogP contribution in [0.25, 0.3) is 0 Å². The monoisotopic (exact) mass is 299 g/mol. The minimum atomic E-state index is 0. The van der Waals surface area contributed by atoms with Gasteiger partial charge in [-0.05, 0) is 19.4 Å². The molecule has 0 spiro atoms. The second kappa shape index (κ2) is 9.81. The van der Waals surface area contributed by atoms with Crippen LogP contribution in [0.2, 0.25) is 0 Å². The molecule has 2 N–H and O–H groups in total. The highest BCUT2D eigenvalue weighted by Crippen LogP contribution is 2.04. The van der Waals surface area contributed by atoms with E-state index in [2.05, 4.69) is 15.5 Å². The predicted molar refractivity (Wildman–Crippen MR) is 75.8 cm³/mol. The van der Waals surface area contributed by atoms with E-state index >= 15 is 0 Å². The minimum absolute atomic E-state index is 0. The zero-order chi connectivity index (χ0) is 11.2. The van der Waals surface area contributed by atoms with Crippen molar-refractivity contribution in [3.05, 3.63) is 0 Å². The fourth-order valence-electron chi connectivity index (χ4n) is 2.19. The Morgan fingerprint density at radius 2 is 2.06 bits per heavy atom. The zero-order valence-electron chi connectivity index (χ0n) is 10.5. The second-order valence-corrected chi connectivity index (χ2v) is 4.39. The van der Waals surface area contributed by atoms with Gasteiger partial charge in [0, 0.05) is 26.2 Å². The summed E-state index contributed by atoms with van der Waals surface area (Å²) in [5.41, 5.74) is 0. The standard InChI is InChI=1S/C11H21N3O2.2ClH/c15-11(10-2-1-3-12-10)13-4-5-14-6-8-16-9-7-14;;/h10,12H,1-9H2,(H,13,15);2*1H/t10-;;/m0../s1. The van der Waals surface area contributed by atoms with Crippen molar-refractivity contribution in [3.8, 4) is 0 Å². The molecule has 2 rings (SSSR count). The van der Waals surface area contributed by atoms with Gasteiger partial charge in [0.1, 0.15) is 0 Å². The largest absolute Gasteiger partial charge is 0.379 e. The first-order valence-electron chi connectivity index (χ1n) is 6.17. The summed E-state index contributed by atoms with van der Waals surface area (Å²) >= 11 is 0. The van der Waals surface area contributed by atoms with Crippen molar-refractivity contribution in [1.29, 1.82) is 0 Å². The minimum Gasteiger partial charge on any atom is -0.379 e. The predicted octanol–water partition coefficient (Wildman–Crippen LogP) is 0.0304. The van der Waals surface area contributed by atoms with Gasteiger partial charge in [-0.2, -0.15) is 0 Å². The highest BCUT2D eigenvalue weighted by Gasteiger charge is 2.21. The van der Waals surface area contributed by atoms with Crippen LogP contribution in [0.3, 0.4) is 0 Å². The number of nitrogens with zero attached hydrogens (tertiary/aromatic N) is 1. The number of carbonyl (C=O) groups excluding carboxylic acids is 1. The SMILES string of the molecule is Cl.Cl.O=C(NCCN1CCOCC1)[C@@H]1CCCN1. The third kappa shape index (κ3) is 5.71. The number of halogens is 2. The molecule has 108 valence electrons. The lowest BCUT2D eigenvalue weighted by molar-refractivity contribution is -0.122. The molecule has 2 aliphatic rings. The van der Waals surface area contributed by atoms with Crippen molar-refractivity contribution < 1.29 is 9.53 Å². The van der Waals surface area contributed by atoms with Crippen LogP contribution in [0, 0.1) is 0 Å². The molecule has 0 unspecified atom stereocenters. The normalized spacial score (nSPS) is 23.9. The molecule has 0 aromatic carbocycles. The summed E-state index contributed by atoms with van der Waals surface area (Å²) < 4.78 is 5.27. The van der Waals surface area contributed by atoms with Crippen molar-refractivity contribution in [1.82, 2.24) is 15.5 Å². The average molecular weight is 300 g/mol. The molecule has 1 atom stereocenters. The van der Waals surface area contributed by atoms with Crippen LogP contribution in [-0.4, -0.2) is 62.8 Å². The maximum absolute atomic E-state index is 11.7. The van der Waals surface area contributed by atoms with E-state index in [0.717, 1.165) is 58.8 Å². The molecule has 0 aromatic heterocycles. The average Bonchev–Trinajstić information content (AvgIpc) is 2.84. The fourth-order valence-corrected chi connectivity index (χ4v) is 2.19. The van der Waals surface area contributed by atoms with Gasteiger partial charge in [-0.25, -0.2) is 0 Å². The molecular formula is C11H23Cl2N3O2. The number of nitrogens with one attached hydrogen (secondary N) is 2. The quantitative estimate of drug-likeness (QED) is 0.769. The smallest absolute Gasteiger partial charge is 0.237 e. The van der Waals surface area contributed by atoms with Gasteiger partial charge in [-0.15, -0.1) is 24.8 Å². The Kier molecular flexibility index (Phi) is 9.77. The van der Waals surface area contributed by atoms with Gasteiger partial charge in [0.25, 0.3) is 0 Å². The molecule has 0 radical (unpaired) electrons. The Labute approximate surface area is 121 Å². The van der Waals surface area contributed by atoms with E-state index in [4.69, 9.17) is 4.74 Å². The number of hydrogen-bond donors (Lipinski definition) is 2. The lowest BCUT2D eigenvalue weighted by Gasteiger charge is -2.26. The molecule has 18 heavy (non-hydrogen) atoms. The topological polar surface area (TPSA) is 53.6 Å². The maximum Gasteiger partial charge on any atom is 0.237 e. The van der Waals surface area contributed by atoms with Gasteiger partial charge in [-0.1, -0.05) is 0 Å². The second-order valence-electron chi connectivity index (χ2n) is 4.39. The summed E-state index contributed by atoms with van der Waals surface area (Å²) in [7, 11) is 0. The van der Waals surface area contributed by atoms with E-state index in [1.54, 1.807) is 0 Å². The van der Waals surface area contributed by atoms with Crippen molar-refractivity contribution in [2.45, 2.75) is 18.9 Å². The van der Waals surface area contributed by atoms with E-state index < -0.39 is 0 Å². The lowest BCUT2D eigenvalue weighted by atomic mass is 10.2. The summed E-state index contributed by atoms with van der Waals surface area (Å²) in [6, 6.07) is 0.0460. The van der Waals surface area contributed by atoms with Crippen LogP contribution in [0.5, 0.6) is 0 Å². The molecule has 0 bridgehead atoms. The highest BCUT2D eigenvalue weighted by molar-refractivity contribution is 5.85. The fraction of sp³-hybridized carbons (Fsp3) is 0.909. The first-order chi connectivity index (χ1) is 7.86. The Morgan fingerprint density at radius 1 is 1.33 bits per heavy atom. The van der Waals surface area contributed by atoms with Gasteiger partial charge in [-0.3, -0.25) is 9.69 Å². The van der Waals surface area contributed by atoms with Crippen molar-refractivity contribution in [3.63, 3.8) is 0 Å². The van der Waals surface area contributed by atoms with Crippen LogP contribution in [0.1, 0.15) is 12.8 Å². The molecule has 2 saturated heterocycles. The van der Waals surface area contributed by atoms with Crippen LogP contribution in [-0.2, 0) is 9.53 Å². The van der Waals surface area contributed by atoms with E-state index in [9.17, 15) is 4.79 Å². The Balaban J connectivity index is 0.00000144. The van der Waals surface area contributed by atoms with E-state index in [1.165, 1.54) is 0 Å². The van der Waals surface area contributed by atoms with Crippen LogP contribution in [0.15, 0.2) is 0 Å². The molecule has 2 fully saturated rings. The highest BCUT2D eigenvalue weighted by atomic mass is 35.5. The summed E-state index contributed by atoms with van der Waals surface area (Å²) in [5.74, 6) is 0.158. The van der Waals surface area contributed by atoms with Crippen LogP contribution in [0.4, 0.5) is 0 Å². The Morgan fingerprint density at radius 3 is 2.67 bits per heavy atom. The first kappa shape index (κ1) is 17.9. The lowest BCUT2D eigenvalue weighted by Crippen LogP contribution is -2.45. The van der Waals surface area contributed by atoms with Gasteiger partial charge >= 0.3 is 0 Å². The first-order valence-corrected chi connectivity index (χ1v) is 6.17. The third-order valence-corrected chi connectivity index (χ3v) is 3.21. The third-order valence-electron chi connectivity index (χ3n) is 3.21. The summed E-state index contributed by atoms with van der Waals surface area (Å²) in [4.78, 5) is 14.0. The zero-order valence-corrected chi connectivity index (χ0v) is 12.2. The molecule has 7 heteroatoms. The summed E-state index contributed by atoms with van der Waals surface area (Å²) in [6.07, 6.45) is 2.09. The molecule has 2 heterocycles. The Hall–Kier alpha value is -0.0700. The maximum atomic E-state index is 11.7. The summed E-state index contributed by atoms with van der Waals surface area (Å²) in [6.45, 7) is 6.26. The van der Waals surface area contributed by atoms with Gasteiger partial charge in [0.2, 0.25) is 5.91 Å².